The van der Waals surface area contributed by atoms with Gasteiger partial charge in [-0.3, -0.25) is 0 Å². The first kappa shape index (κ1) is 9.06. The van der Waals surface area contributed by atoms with Crippen LogP contribution in [0.3, 0.4) is 0 Å². The van der Waals surface area contributed by atoms with Crippen LogP contribution in [0.1, 0.15) is 18.5 Å². The molecule has 2 aromatic rings. The lowest BCUT2D eigenvalue weighted by Crippen LogP contribution is -2.15. The van der Waals surface area contributed by atoms with E-state index < -0.39 is 0 Å². The molecule has 1 aliphatic carbocycles. The second kappa shape index (κ2) is 3.75. The van der Waals surface area contributed by atoms with Gasteiger partial charge in [-0.1, -0.05) is 5.16 Å². The molecular weight excluding hydrogens is 210 g/mol. The predicted octanol–water partition coefficient (Wildman–Crippen LogP) is 2.05. The molecule has 2 aromatic heterocycles. The topological polar surface area (TPSA) is 51.0 Å². The summed E-state index contributed by atoms with van der Waals surface area (Å²) >= 11 is 1.56. The molecule has 0 unspecified atom stereocenters. The standard InChI is InChI=1S/C10H11N3OS/c1-2-7(1)11-4-8-3-10(14-13-8)9-5-15-6-12-9/h3,5-7,11H,1-2,4H2. The zero-order valence-corrected chi connectivity index (χ0v) is 8.96. The highest BCUT2D eigenvalue weighted by atomic mass is 32.1. The highest BCUT2D eigenvalue weighted by molar-refractivity contribution is 7.07. The SMILES string of the molecule is c1nc(-c2cc(CNC3CC3)no2)cs1. The lowest BCUT2D eigenvalue weighted by Gasteiger charge is -1.95. The van der Waals surface area contributed by atoms with Crippen LogP contribution in [0, 0.1) is 0 Å². The zero-order chi connectivity index (χ0) is 10.1. The van der Waals surface area contributed by atoms with Gasteiger partial charge in [-0.25, -0.2) is 4.98 Å². The van der Waals surface area contributed by atoms with Crippen LogP contribution in [-0.2, 0) is 6.54 Å². The third-order valence-corrected chi connectivity index (χ3v) is 2.98. The zero-order valence-electron chi connectivity index (χ0n) is 8.14. The van der Waals surface area contributed by atoms with Gasteiger partial charge in [-0.05, 0) is 12.8 Å². The Hall–Kier alpha value is -1.20. The van der Waals surface area contributed by atoms with Crippen LogP contribution in [0.25, 0.3) is 11.5 Å². The first-order chi connectivity index (χ1) is 7.42. The number of rotatable bonds is 4. The van der Waals surface area contributed by atoms with Crippen molar-refractivity contribution in [2.75, 3.05) is 0 Å². The molecule has 0 bridgehead atoms. The van der Waals surface area contributed by atoms with E-state index in [-0.39, 0.29) is 0 Å². The molecule has 0 amide bonds. The fraction of sp³-hybridized carbons (Fsp3) is 0.400. The fourth-order valence-corrected chi connectivity index (χ4v) is 1.93. The van der Waals surface area contributed by atoms with E-state index in [2.05, 4.69) is 15.5 Å². The van der Waals surface area contributed by atoms with Crippen molar-refractivity contribution in [1.29, 1.82) is 0 Å². The quantitative estimate of drug-likeness (QED) is 0.858. The minimum Gasteiger partial charge on any atom is -0.354 e. The minimum atomic E-state index is 0.699. The second-order valence-electron chi connectivity index (χ2n) is 3.71. The van der Waals surface area contributed by atoms with Gasteiger partial charge in [0.2, 0.25) is 0 Å². The number of hydrogen-bond acceptors (Lipinski definition) is 5. The van der Waals surface area contributed by atoms with Gasteiger partial charge in [0.25, 0.3) is 0 Å². The lowest BCUT2D eigenvalue weighted by atomic mass is 10.3. The Bertz CT molecular complexity index is 433. The number of hydrogen-bond donors (Lipinski definition) is 1. The molecule has 2 heterocycles. The van der Waals surface area contributed by atoms with Gasteiger partial charge in [-0.2, -0.15) is 0 Å². The highest BCUT2D eigenvalue weighted by Crippen LogP contribution is 2.21. The smallest absolute Gasteiger partial charge is 0.186 e. The third kappa shape index (κ3) is 2.08. The van der Waals surface area contributed by atoms with E-state index in [0.717, 1.165) is 23.7 Å². The summed E-state index contributed by atoms with van der Waals surface area (Å²) < 4.78 is 5.22. The van der Waals surface area contributed by atoms with Gasteiger partial charge in [-0.15, -0.1) is 11.3 Å². The van der Waals surface area contributed by atoms with Crippen LogP contribution in [-0.4, -0.2) is 16.2 Å². The molecule has 1 fully saturated rings. The Morgan fingerprint density at radius 3 is 3.20 bits per heavy atom. The van der Waals surface area contributed by atoms with Crippen LogP contribution in [0.15, 0.2) is 21.5 Å². The van der Waals surface area contributed by atoms with Gasteiger partial charge in [0.1, 0.15) is 5.69 Å². The maximum Gasteiger partial charge on any atom is 0.186 e. The van der Waals surface area contributed by atoms with E-state index >= 15 is 0 Å². The summed E-state index contributed by atoms with van der Waals surface area (Å²) in [4.78, 5) is 4.17. The number of thiazole rings is 1. The first-order valence-electron chi connectivity index (χ1n) is 4.99. The first-order valence-corrected chi connectivity index (χ1v) is 5.93. The van der Waals surface area contributed by atoms with Crippen molar-refractivity contribution in [2.24, 2.45) is 0 Å². The van der Waals surface area contributed by atoms with E-state index in [0.29, 0.717) is 6.04 Å². The summed E-state index contributed by atoms with van der Waals surface area (Å²) in [5.74, 6) is 0.754. The maximum atomic E-state index is 5.22. The Balaban J connectivity index is 1.69. The van der Waals surface area contributed by atoms with Crippen LogP contribution in [0.5, 0.6) is 0 Å². The van der Waals surface area contributed by atoms with Gasteiger partial charge in [0.05, 0.1) is 11.2 Å². The van der Waals surface area contributed by atoms with Crippen molar-refractivity contribution >= 4 is 11.3 Å². The summed E-state index contributed by atoms with van der Waals surface area (Å²) in [5.41, 5.74) is 3.61. The molecule has 1 N–H and O–H groups in total. The molecule has 1 saturated carbocycles. The highest BCUT2D eigenvalue weighted by Gasteiger charge is 2.20. The van der Waals surface area contributed by atoms with E-state index in [9.17, 15) is 0 Å². The molecule has 0 spiro atoms. The average Bonchev–Trinajstić information content (AvgIpc) is 2.78. The summed E-state index contributed by atoms with van der Waals surface area (Å²) in [6, 6.07) is 2.65. The second-order valence-corrected chi connectivity index (χ2v) is 4.43. The average molecular weight is 221 g/mol. The molecule has 15 heavy (non-hydrogen) atoms. The molecule has 5 heteroatoms. The maximum absolute atomic E-state index is 5.22. The molecule has 0 radical (unpaired) electrons. The minimum absolute atomic E-state index is 0.699. The largest absolute Gasteiger partial charge is 0.354 e. The number of nitrogens with zero attached hydrogens (tertiary/aromatic N) is 2. The summed E-state index contributed by atoms with van der Waals surface area (Å²) in [6.07, 6.45) is 2.58. The Morgan fingerprint density at radius 1 is 1.53 bits per heavy atom. The molecular formula is C10H11N3OS. The predicted molar refractivity (Wildman–Crippen MR) is 57.5 cm³/mol. The number of aromatic nitrogens is 2. The molecule has 0 aliphatic heterocycles. The van der Waals surface area contributed by atoms with Crippen molar-refractivity contribution < 1.29 is 4.52 Å². The van der Waals surface area contributed by atoms with Crippen LogP contribution in [0.4, 0.5) is 0 Å². The van der Waals surface area contributed by atoms with Crippen LogP contribution >= 0.6 is 11.3 Å². The molecule has 0 aromatic carbocycles. The molecule has 0 atom stereocenters. The third-order valence-electron chi connectivity index (χ3n) is 2.39. The van der Waals surface area contributed by atoms with Gasteiger partial charge in [0, 0.05) is 24.0 Å². The molecule has 78 valence electrons. The summed E-state index contributed by atoms with van der Waals surface area (Å²) in [5, 5.41) is 9.35. The normalized spacial score (nSPS) is 15.7. The van der Waals surface area contributed by atoms with E-state index in [1.165, 1.54) is 12.8 Å². The molecule has 0 saturated heterocycles. The Kier molecular flexibility index (Phi) is 2.26. The summed E-state index contributed by atoms with van der Waals surface area (Å²) in [6.45, 7) is 0.790. The van der Waals surface area contributed by atoms with Gasteiger partial charge in [0.15, 0.2) is 5.76 Å². The van der Waals surface area contributed by atoms with E-state index in [1.807, 2.05) is 11.4 Å². The molecule has 4 nitrogen and oxygen atoms in total. The van der Waals surface area contributed by atoms with Crippen molar-refractivity contribution in [3.63, 3.8) is 0 Å². The van der Waals surface area contributed by atoms with Gasteiger partial charge >= 0.3 is 0 Å². The van der Waals surface area contributed by atoms with E-state index in [1.54, 1.807) is 16.8 Å². The lowest BCUT2D eigenvalue weighted by molar-refractivity contribution is 0.419. The van der Waals surface area contributed by atoms with Crippen LogP contribution in [0.2, 0.25) is 0 Å². The Morgan fingerprint density at radius 2 is 2.47 bits per heavy atom. The van der Waals surface area contributed by atoms with Crippen molar-refractivity contribution in [3.8, 4) is 11.5 Å². The van der Waals surface area contributed by atoms with Crippen molar-refractivity contribution in [3.05, 3.63) is 22.7 Å². The number of nitrogens with one attached hydrogen (secondary N) is 1. The van der Waals surface area contributed by atoms with Crippen molar-refractivity contribution in [1.82, 2.24) is 15.5 Å². The van der Waals surface area contributed by atoms with Crippen molar-refractivity contribution in [2.45, 2.75) is 25.4 Å². The van der Waals surface area contributed by atoms with E-state index in [4.69, 9.17) is 4.52 Å². The van der Waals surface area contributed by atoms with Gasteiger partial charge < -0.3 is 9.84 Å². The van der Waals surface area contributed by atoms with Crippen LogP contribution < -0.4 is 5.32 Å². The Labute approximate surface area is 91.3 Å². The monoisotopic (exact) mass is 221 g/mol. The molecule has 3 rings (SSSR count). The fourth-order valence-electron chi connectivity index (χ4n) is 1.39. The summed E-state index contributed by atoms with van der Waals surface area (Å²) in [7, 11) is 0. The molecule has 1 aliphatic rings.